The molecule has 0 atom stereocenters. The lowest BCUT2D eigenvalue weighted by atomic mass is 9.90. The molecule has 2 fully saturated rings. The van der Waals surface area contributed by atoms with Crippen LogP contribution in [0.15, 0.2) is 146 Å². The summed E-state index contributed by atoms with van der Waals surface area (Å²) in [7, 11) is 0. The van der Waals surface area contributed by atoms with Crippen LogP contribution in [0, 0.1) is 10.8 Å². The number of rotatable bonds is 29. The highest BCUT2D eigenvalue weighted by molar-refractivity contribution is 5.91. The fourth-order valence-corrected chi connectivity index (χ4v) is 6.68. The lowest BCUT2D eigenvalue weighted by Gasteiger charge is -2.37. The average Bonchev–Trinajstić information content (AvgIpc) is 2.88. The van der Waals surface area contributed by atoms with Crippen LogP contribution in [0.2, 0.25) is 0 Å². The molecule has 5 aromatic carbocycles. The van der Waals surface area contributed by atoms with E-state index in [1.807, 2.05) is 0 Å². The number of hydrogen-bond acceptors (Lipinski definition) is 18. The van der Waals surface area contributed by atoms with Crippen molar-refractivity contribution in [3.8, 4) is 46.0 Å². The van der Waals surface area contributed by atoms with Gasteiger partial charge in [0.2, 0.25) is 0 Å². The minimum atomic E-state index is -0.989. The van der Waals surface area contributed by atoms with Crippen LogP contribution in [0.4, 0.5) is 0 Å². The van der Waals surface area contributed by atoms with E-state index in [0.717, 1.165) is 77.7 Å². The molecule has 0 saturated carbocycles. The van der Waals surface area contributed by atoms with Crippen molar-refractivity contribution in [2.24, 2.45) is 10.8 Å². The Bertz CT molecular complexity index is 2640. The standard InChI is InChI=1S/C28H34O8.C15H22O4.C13H14O5.C6H6O2.6CH4/c1-21(2)26(29)35-17-16-34-23-8-6-22(7-9-23)27(30)36-25-12-10-24(11-13-25)33-15-5-4-14-31-18-28(3)19-32-20-28;1-15(11-18-12-15)10-17-8-2-3-9-19-14-6-4-13(16)5-7-14;1-9(2)13(16)18-8-7-17-11-5-3-10(4-6-11)12(14)15;7-5-1-2-6(8)4-3-5;;;;;;/h6-13H,1,4-5,14-20H2,2-3H3;4-7,16H,2-3,8-12H2,1H3;3-6H,1,7-8H2,2H3,(H,14,15);1-4,7-8H;6*1H4. The Morgan fingerprint density at radius 3 is 1.03 bits per heavy atom. The van der Waals surface area contributed by atoms with Crippen molar-refractivity contribution in [2.75, 3.05) is 92.5 Å². The van der Waals surface area contributed by atoms with E-state index in [0.29, 0.717) is 59.5 Å². The lowest BCUT2D eigenvalue weighted by Crippen LogP contribution is -2.43. The third-order valence-electron chi connectivity index (χ3n) is 11.4. The topological polar surface area (TPSA) is 251 Å². The van der Waals surface area contributed by atoms with E-state index in [-0.39, 0.29) is 105 Å². The van der Waals surface area contributed by atoms with E-state index in [1.54, 1.807) is 98.8 Å². The van der Waals surface area contributed by atoms with Gasteiger partial charge in [-0.05, 0) is 161 Å². The number of phenolic OH excluding ortho intramolecular Hbond substituents is 3. The van der Waals surface area contributed by atoms with Gasteiger partial charge in [0.15, 0.2) is 0 Å². The summed E-state index contributed by atoms with van der Waals surface area (Å²) in [6.45, 7) is 22.5. The maximum atomic E-state index is 12.4. The number of phenols is 3. The van der Waals surface area contributed by atoms with Crippen molar-refractivity contribution in [3.05, 3.63) is 157 Å². The second kappa shape index (κ2) is 45.2. The number of carboxylic acids is 1. The van der Waals surface area contributed by atoms with Gasteiger partial charge in [-0.25, -0.2) is 19.2 Å². The van der Waals surface area contributed by atoms with Crippen LogP contribution in [-0.4, -0.2) is 137 Å². The molecule has 87 heavy (non-hydrogen) atoms. The number of carbonyl (C=O) groups is 4. The van der Waals surface area contributed by atoms with Crippen molar-refractivity contribution in [1.29, 1.82) is 0 Å². The fourth-order valence-electron chi connectivity index (χ4n) is 6.68. The average molecular weight is 1220 g/mol. The molecular formula is C68H100O19. The summed E-state index contributed by atoms with van der Waals surface area (Å²) in [4.78, 5) is 45.4. The second-order valence-corrected chi connectivity index (χ2v) is 19.6. The van der Waals surface area contributed by atoms with Crippen LogP contribution in [0.3, 0.4) is 0 Å². The Morgan fingerprint density at radius 2 is 0.713 bits per heavy atom. The lowest BCUT2D eigenvalue weighted by molar-refractivity contribution is -0.140. The molecular weight excluding hydrogens is 1120 g/mol. The molecule has 4 N–H and O–H groups in total. The first-order chi connectivity index (χ1) is 38.8. The summed E-state index contributed by atoms with van der Waals surface area (Å²) >= 11 is 0. The van der Waals surface area contributed by atoms with E-state index in [9.17, 15) is 19.2 Å². The van der Waals surface area contributed by atoms with E-state index < -0.39 is 23.9 Å². The number of aromatic carboxylic acids is 1. The van der Waals surface area contributed by atoms with Gasteiger partial charge in [-0.2, -0.15) is 0 Å². The normalized spacial score (nSPS) is 12.2. The summed E-state index contributed by atoms with van der Waals surface area (Å²) < 4.78 is 59.0. The number of aromatic hydroxyl groups is 3. The first-order valence-electron chi connectivity index (χ1n) is 26.3. The van der Waals surface area contributed by atoms with Gasteiger partial charge in [0.05, 0.1) is 64.0 Å². The molecule has 0 unspecified atom stereocenters. The Labute approximate surface area is 517 Å². The highest BCUT2D eigenvalue weighted by atomic mass is 16.6. The monoisotopic (exact) mass is 1220 g/mol. The number of esters is 3. The van der Waals surface area contributed by atoms with Crippen LogP contribution in [0.5, 0.6) is 46.0 Å². The van der Waals surface area contributed by atoms with Gasteiger partial charge in [-0.1, -0.05) is 71.6 Å². The van der Waals surface area contributed by atoms with Gasteiger partial charge in [0.25, 0.3) is 0 Å². The molecule has 486 valence electrons. The highest BCUT2D eigenvalue weighted by Gasteiger charge is 2.34. The van der Waals surface area contributed by atoms with Gasteiger partial charge in [0.1, 0.15) is 72.4 Å². The van der Waals surface area contributed by atoms with Crippen molar-refractivity contribution < 1.29 is 91.7 Å². The van der Waals surface area contributed by atoms with E-state index in [2.05, 4.69) is 27.0 Å². The van der Waals surface area contributed by atoms with Crippen molar-refractivity contribution in [3.63, 3.8) is 0 Å². The third kappa shape index (κ3) is 34.6. The summed E-state index contributed by atoms with van der Waals surface area (Å²) in [6.07, 6.45) is 3.78. The molecule has 19 heteroatoms. The molecule has 5 aromatic rings. The van der Waals surface area contributed by atoms with Crippen LogP contribution in [-0.2, 0) is 38.0 Å². The maximum Gasteiger partial charge on any atom is 0.343 e. The quantitative estimate of drug-likeness (QED) is 0.0114. The largest absolute Gasteiger partial charge is 0.508 e. The third-order valence-corrected chi connectivity index (χ3v) is 11.4. The van der Waals surface area contributed by atoms with E-state index in [4.69, 9.17) is 72.5 Å². The molecule has 0 aliphatic carbocycles. The molecule has 7 rings (SSSR count). The maximum absolute atomic E-state index is 12.4. The number of benzene rings is 5. The Morgan fingerprint density at radius 1 is 0.425 bits per heavy atom. The Kier molecular flexibility index (Phi) is 43.2. The smallest absolute Gasteiger partial charge is 0.343 e. The number of hydrogen-bond donors (Lipinski definition) is 4. The number of carboxylic acid groups (broad SMARTS) is 1. The van der Waals surface area contributed by atoms with Crippen LogP contribution >= 0.6 is 0 Å². The molecule has 0 bridgehead atoms. The Balaban J connectivity index is -0.00000118. The molecule has 0 amide bonds. The van der Waals surface area contributed by atoms with Gasteiger partial charge in [-0.15, -0.1) is 0 Å². The van der Waals surface area contributed by atoms with E-state index in [1.165, 1.54) is 36.4 Å². The predicted octanol–water partition coefficient (Wildman–Crippen LogP) is 14.0. The van der Waals surface area contributed by atoms with Crippen LogP contribution in [0.1, 0.15) is 119 Å². The van der Waals surface area contributed by atoms with Crippen molar-refractivity contribution >= 4 is 23.9 Å². The molecule has 0 aromatic heterocycles. The van der Waals surface area contributed by atoms with E-state index >= 15 is 0 Å². The fraction of sp³-hybridized carbons (Fsp3) is 0.441. The second-order valence-electron chi connectivity index (χ2n) is 19.6. The number of carbonyl (C=O) groups excluding carboxylic acids is 3. The van der Waals surface area contributed by atoms with Crippen molar-refractivity contribution in [2.45, 2.75) is 97.9 Å². The first-order valence-corrected chi connectivity index (χ1v) is 26.3. The molecule has 19 nitrogen and oxygen atoms in total. The summed E-state index contributed by atoms with van der Waals surface area (Å²) in [5.74, 6) is 1.21. The minimum Gasteiger partial charge on any atom is -0.508 e. The zero-order valence-corrected chi connectivity index (χ0v) is 46.6. The van der Waals surface area contributed by atoms with Gasteiger partial charge in [-0.3, -0.25) is 0 Å². The zero-order valence-electron chi connectivity index (χ0n) is 46.6. The van der Waals surface area contributed by atoms with Gasteiger partial charge < -0.3 is 72.5 Å². The first kappa shape index (κ1) is 83.1. The molecule has 2 saturated heterocycles. The van der Waals surface area contributed by atoms with Gasteiger partial charge in [0, 0.05) is 35.2 Å². The molecule has 2 aliphatic rings. The minimum absolute atomic E-state index is 0. The highest BCUT2D eigenvalue weighted by Crippen LogP contribution is 2.28. The predicted molar refractivity (Wildman–Crippen MR) is 341 cm³/mol. The number of ether oxygens (including phenoxy) is 11. The summed E-state index contributed by atoms with van der Waals surface area (Å²) in [5.41, 5.74) is 1.67. The SMILES string of the molecule is C.C.C.C.C.C.C=C(C)C(=O)OCCOc1ccc(C(=O)O)cc1.C=C(C)C(=O)OCCOc1ccc(C(=O)Oc2ccc(OCCCCOCC3(C)COC3)cc2)cc1.CC1(COCCCCOc2ccc(O)cc2)COC1.Oc1ccc(O)cc1. The zero-order chi connectivity index (χ0) is 58.9. The molecule has 0 radical (unpaired) electrons. The summed E-state index contributed by atoms with van der Waals surface area (Å²) in [6, 6.07) is 31.9. The molecule has 2 heterocycles. The number of unbranched alkanes of at least 4 members (excludes halogenated alkanes) is 2. The van der Waals surface area contributed by atoms with Crippen LogP contribution in [0.25, 0.3) is 0 Å². The molecule has 0 spiro atoms. The Hall–Kier alpha value is -8.10. The summed E-state index contributed by atoms with van der Waals surface area (Å²) in [5, 5.41) is 35.1. The van der Waals surface area contributed by atoms with Crippen LogP contribution < -0.4 is 23.7 Å². The van der Waals surface area contributed by atoms with Gasteiger partial charge >= 0.3 is 23.9 Å². The molecule has 2 aliphatic heterocycles. The van der Waals surface area contributed by atoms with Crippen molar-refractivity contribution in [1.82, 2.24) is 0 Å².